The van der Waals surface area contributed by atoms with Crippen molar-refractivity contribution in [2.24, 2.45) is 4.99 Å². The minimum Gasteiger partial charge on any atom is -0.382 e. The molecular weight excluding hydrogens is 462 g/mol. The number of methoxy groups -OCH3 is 1. The quantitative estimate of drug-likeness (QED) is 0.229. The Bertz CT molecular complexity index is 528. The second-order valence-corrected chi connectivity index (χ2v) is 5.36. The molecule has 0 radical (unpaired) electrons. The van der Waals surface area contributed by atoms with Crippen LogP contribution in [0, 0.1) is 0 Å². The Morgan fingerprint density at radius 3 is 2.54 bits per heavy atom. The van der Waals surface area contributed by atoms with Gasteiger partial charge in [0.2, 0.25) is 0 Å². The zero-order chi connectivity index (χ0) is 18.5. The Morgan fingerprint density at radius 1 is 1.12 bits per heavy atom. The summed E-state index contributed by atoms with van der Waals surface area (Å²) in [6, 6.07) is 5.25. The number of rotatable bonds is 10. The van der Waals surface area contributed by atoms with Crippen molar-refractivity contribution in [1.29, 1.82) is 0 Å². The molecule has 0 aliphatic heterocycles. The highest BCUT2D eigenvalue weighted by molar-refractivity contribution is 14.0. The number of unbranched alkanes of at least 4 members (excludes halogenated alkanes) is 1. The van der Waals surface area contributed by atoms with Crippen LogP contribution in [0.5, 0.6) is 0 Å². The Hall–Kier alpha value is -1.07. The van der Waals surface area contributed by atoms with Crippen molar-refractivity contribution < 1.29 is 22.6 Å². The summed E-state index contributed by atoms with van der Waals surface area (Å²) in [6.07, 6.45) is -2.53. The van der Waals surface area contributed by atoms with Gasteiger partial charge in [0.05, 0.1) is 18.8 Å². The second-order valence-electron chi connectivity index (χ2n) is 5.36. The summed E-state index contributed by atoms with van der Waals surface area (Å²) < 4.78 is 48.3. The molecule has 0 saturated carbocycles. The molecule has 1 aromatic carbocycles. The van der Waals surface area contributed by atoms with Crippen molar-refractivity contribution in [3.05, 3.63) is 35.4 Å². The molecule has 0 aromatic heterocycles. The monoisotopic (exact) mass is 489 g/mol. The van der Waals surface area contributed by atoms with E-state index in [0.29, 0.717) is 37.9 Å². The highest BCUT2D eigenvalue weighted by Crippen LogP contribution is 2.29. The predicted octanol–water partition coefficient (Wildman–Crippen LogP) is 3.43. The van der Waals surface area contributed by atoms with E-state index in [-0.39, 0.29) is 30.5 Å². The van der Waals surface area contributed by atoms with Crippen LogP contribution >= 0.6 is 24.0 Å². The van der Waals surface area contributed by atoms with E-state index in [1.165, 1.54) is 6.07 Å². The summed E-state index contributed by atoms with van der Waals surface area (Å²) in [7, 11) is 3.25. The Labute approximate surface area is 169 Å². The number of alkyl halides is 3. The molecule has 0 saturated heterocycles. The average Bonchev–Trinajstić information content (AvgIpc) is 2.59. The van der Waals surface area contributed by atoms with Gasteiger partial charge in [-0.3, -0.25) is 4.99 Å². The van der Waals surface area contributed by atoms with E-state index in [1.807, 2.05) is 0 Å². The molecule has 0 heterocycles. The second kappa shape index (κ2) is 14.0. The van der Waals surface area contributed by atoms with E-state index in [4.69, 9.17) is 9.47 Å². The van der Waals surface area contributed by atoms with E-state index in [0.717, 1.165) is 25.0 Å². The standard InChI is InChI=1S/C17H26F3N3O2.HI/c1-21-16(22-8-3-4-9-25-11-10-24-2)23-13-14-6-5-7-15(12-14)17(18,19)20;/h5-7,12H,3-4,8-11,13H2,1-2H3,(H2,21,22,23);1H. The number of guanidine groups is 1. The molecule has 0 aliphatic carbocycles. The summed E-state index contributed by atoms with van der Waals surface area (Å²) >= 11 is 0. The Morgan fingerprint density at radius 2 is 1.88 bits per heavy atom. The molecule has 0 atom stereocenters. The summed E-state index contributed by atoms with van der Waals surface area (Å²) in [5.74, 6) is 0.553. The first-order valence-corrected chi connectivity index (χ1v) is 8.14. The molecule has 9 heteroatoms. The van der Waals surface area contributed by atoms with Crippen molar-refractivity contribution in [2.45, 2.75) is 25.6 Å². The third-order valence-corrected chi connectivity index (χ3v) is 3.38. The van der Waals surface area contributed by atoms with Gasteiger partial charge in [0.15, 0.2) is 5.96 Å². The first kappa shape index (κ1) is 24.9. The molecule has 0 unspecified atom stereocenters. The maximum atomic E-state index is 12.7. The van der Waals surface area contributed by atoms with E-state index < -0.39 is 11.7 Å². The van der Waals surface area contributed by atoms with Gasteiger partial charge in [-0.15, -0.1) is 24.0 Å². The normalized spacial score (nSPS) is 11.8. The number of halogens is 4. The maximum absolute atomic E-state index is 12.7. The number of nitrogens with one attached hydrogen (secondary N) is 2. The van der Waals surface area contributed by atoms with Gasteiger partial charge in [-0.05, 0) is 30.5 Å². The lowest BCUT2D eigenvalue weighted by molar-refractivity contribution is -0.137. The summed E-state index contributed by atoms with van der Waals surface area (Å²) in [6.45, 7) is 2.81. The van der Waals surface area contributed by atoms with Crippen molar-refractivity contribution in [3.8, 4) is 0 Å². The molecule has 0 fully saturated rings. The predicted molar refractivity (Wildman–Crippen MR) is 107 cm³/mol. The van der Waals surface area contributed by atoms with Gasteiger partial charge in [-0.2, -0.15) is 13.2 Å². The van der Waals surface area contributed by atoms with Crippen LogP contribution in [-0.2, 0) is 22.2 Å². The molecule has 0 bridgehead atoms. The smallest absolute Gasteiger partial charge is 0.382 e. The van der Waals surface area contributed by atoms with E-state index in [1.54, 1.807) is 20.2 Å². The zero-order valence-electron chi connectivity index (χ0n) is 15.1. The van der Waals surface area contributed by atoms with Crippen LogP contribution in [0.2, 0.25) is 0 Å². The molecule has 5 nitrogen and oxygen atoms in total. The lowest BCUT2D eigenvalue weighted by atomic mass is 10.1. The fraction of sp³-hybridized carbons (Fsp3) is 0.588. The SMILES string of the molecule is CN=C(NCCCCOCCOC)NCc1cccc(C(F)(F)F)c1.I. The minimum atomic E-state index is -4.33. The Balaban J connectivity index is 0.00000625. The van der Waals surface area contributed by atoms with Gasteiger partial charge in [0, 0.05) is 33.9 Å². The van der Waals surface area contributed by atoms with Gasteiger partial charge in [-0.25, -0.2) is 0 Å². The Kier molecular flexibility index (Phi) is 13.5. The first-order chi connectivity index (χ1) is 12.0. The molecule has 0 spiro atoms. The van der Waals surface area contributed by atoms with Crippen LogP contribution in [0.15, 0.2) is 29.3 Å². The molecule has 0 amide bonds. The number of hydrogen-bond donors (Lipinski definition) is 2. The maximum Gasteiger partial charge on any atom is 0.416 e. The molecule has 26 heavy (non-hydrogen) atoms. The fourth-order valence-electron chi connectivity index (χ4n) is 2.04. The molecule has 0 aliphatic rings. The highest BCUT2D eigenvalue weighted by atomic mass is 127. The molecule has 2 N–H and O–H groups in total. The van der Waals surface area contributed by atoms with Gasteiger partial charge in [0.1, 0.15) is 0 Å². The van der Waals surface area contributed by atoms with Gasteiger partial charge in [-0.1, -0.05) is 12.1 Å². The van der Waals surface area contributed by atoms with Crippen LogP contribution in [0.4, 0.5) is 13.2 Å². The zero-order valence-corrected chi connectivity index (χ0v) is 17.4. The molecular formula is C17H27F3IN3O2. The van der Waals surface area contributed by atoms with Crippen molar-refractivity contribution in [1.82, 2.24) is 10.6 Å². The number of nitrogens with zero attached hydrogens (tertiary/aromatic N) is 1. The number of aliphatic imine (C=N–C) groups is 1. The number of hydrogen-bond acceptors (Lipinski definition) is 3. The number of ether oxygens (including phenoxy) is 2. The third-order valence-electron chi connectivity index (χ3n) is 3.38. The van der Waals surface area contributed by atoms with Gasteiger partial charge in [0.25, 0.3) is 0 Å². The van der Waals surface area contributed by atoms with Crippen molar-refractivity contribution in [2.75, 3.05) is 40.5 Å². The third kappa shape index (κ3) is 10.8. The van der Waals surface area contributed by atoms with Crippen LogP contribution in [0.1, 0.15) is 24.0 Å². The minimum absolute atomic E-state index is 0. The summed E-state index contributed by atoms with van der Waals surface area (Å²) in [5, 5.41) is 6.13. The molecule has 1 rings (SSSR count). The van der Waals surface area contributed by atoms with E-state index in [2.05, 4.69) is 15.6 Å². The number of benzene rings is 1. The largest absolute Gasteiger partial charge is 0.416 e. The fourth-order valence-corrected chi connectivity index (χ4v) is 2.04. The average molecular weight is 489 g/mol. The summed E-state index contributed by atoms with van der Waals surface area (Å²) in [5.41, 5.74) is -0.104. The van der Waals surface area contributed by atoms with Crippen LogP contribution in [0.3, 0.4) is 0 Å². The molecule has 150 valence electrons. The van der Waals surface area contributed by atoms with E-state index >= 15 is 0 Å². The topological polar surface area (TPSA) is 54.9 Å². The first-order valence-electron chi connectivity index (χ1n) is 8.14. The van der Waals surface area contributed by atoms with Gasteiger partial charge >= 0.3 is 6.18 Å². The van der Waals surface area contributed by atoms with Crippen molar-refractivity contribution >= 4 is 29.9 Å². The lowest BCUT2D eigenvalue weighted by Crippen LogP contribution is -2.37. The van der Waals surface area contributed by atoms with Crippen LogP contribution < -0.4 is 10.6 Å². The van der Waals surface area contributed by atoms with Gasteiger partial charge < -0.3 is 20.1 Å². The summed E-state index contributed by atoms with van der Waals surface area (Å²) in [4.78, 5) is 4.06. The van der Waals surface area contributed by atoms with E-state index in [9.17, 15) is 13.2 Å². The van der Waals surface area contributed by atoms with Crippen LogP contribution in [0.25, 0.3) is 0 Å². The lowest BCUT2D eigenvalue weighted by Gasteiger charge is -2.13. The highest BCUT2D eigenvalue weighted by Gasteiger charge is 2.30. The molecule has 1 aromatic rings. The van der Waals surface area contributed by atoms with Crippen molar-refractivity contribution in [3.63, 3.8) is 0 Å². The van der Waals surface area contributed by atoms with Crippen LogP contribution in [-0.4, -0.2) is 46.5 Å².